The molecule has 1 aromatic heterocycles. The number of aliphatic imine (C=N–C) groups is 1. The van der Waals surface area contributed by atoms with Crippen LogP contribution in [0.1, 0.15) is 24.3 Å². The lowest BCUT2D eigenvalue weighted by molar-refractivity contribution is 0.0389. The molecule has 0 aromatic carbocycles. The highest BCUT2D eigenvalue weighted by Gasteiger charge is 2.10. The first-order chi connectivity index (χ1) is 10.7. The van der Waals surface area contributed by atoms with Gasteiger partial charge in [-0.25, -0.2) is 9.98 Å². The van der Waals surface area contributed by atoms with Crippen LogP contribution in [0.5, 0.6) is 0 Å². The van der Waals surface area contributed by atoms with Gasteiger partial charge in [-0.15, -0.1) is 24.0 Å². The minimum Gasteiger partial charge on any atom is -0.444 e. The van der Waals surface area contributed by atoms with Gasteiger partial charge >= 0.3 is 0 Å². The van der Waals surface area contributed by atoms with Crippen molar-refractivity contribution in [1.29, 1.82) is 0 Å². The first-order valence-corrected chi connectivity index (χ1v) is 7.94. The van der Waals surface area contributed by atoms with Gasteiger partial charge in [-0.1, -0.05) is 0 Å². The van der Waals surface area contributed by atoms with Crippen LogP contribution in [0.2, 0.25) is 0 Å². The Morgan fingerprint density at radius 2 is 2.00 bits per heavy atom. The SMILES string of the molecule is CCNC(=NCc1nc(C)c(C)o1)NCCN1CCOCC1.I. The first kappa shape index (κ1) is 20.2. The Hall–Kier alpha value is -0.870. The Bertz CT molecular complexity index is 467. The number of aryl methyl sites for hydroxylation is 2. The fourth-order valence-corrected chi connectivity index (χ4v) is 2.25. The second-order valence-electron chi connectivity index (χ2n) is 5.33. The number of aromatic nitrogens is 1. The molecule has 2 rings (SSSR count). The summed E-state index contributed by atoms with van der Waals surface area (Å²) in [6.07, 6.45) is 0. The average Bonchev–Trinajstić information content (AvgIpc) is 2.84. The average molecular weight is 437 g/mol. The zero-order chi connectivity index (χ0) is 15.8. The molecule has 0 radical (unpaired) electrons. The van der Waals surface area contributed by atoms with Crippen molar-refractivity contribution in [3.63, 3.8) is 0 Å². The molecule has 2 heterocycles. The van der Waals surface area contributed by atoms with E-state index < -0.39 is 0 Å². The Morgan fingerprint density at radius 3 is 2.61 bits per heavy atom. The van der Waals surface area contributed by atoms with Gasteiger partial charge in [0.05, 0.1) is 18.9 Å². The van der Waals surface area contributed by atoms with Crippen LogP contribution >= 0.6 is 24.0 Å². The molecule has 0 aliphatic carbocycles. The summed E-state index contributed by atoms with van der Waals surface area (Å²) in [5.41, 5.74) is 0.926. The van der Waals surface area contributed by atoms with Gasteiger partial charge in [-0.3, -0.25) is 4.90 Å². The van der Waals surface area contributed by atoms with E-state index in [-0.39, 0.29) is 24.0 Å². The van der Waals surface area contributed by atoms with Crippen molar-refractivity contribution in [3.05, 3.63) is 17.3 Å². The van der Waals surface area contributed by atoms with Crippen LogP contribution in [-0.4, -0.2) is 61.8 Å². The molecule has 132 valence electrons. The molecule has 0 bridgehead atoms. The maximum atomic E-state index is 5.55. The smallest absolute Gasteiger partial charge is 0.216 e. The monoisotopic (exact) mass is 437 g/mol. The van der Waals surface area contributed by atoms with Gasteiger partial charge in [0.1, 0.15) is 12.3 Å². The molecular weight excluding hydrogens is 409 g/mol. The number of hydrogen-bond acceptors (Lipinski definition) is 5. The number of rotatable bonds is 6. The van der Waals surface area contributed by atoms with Crippen LogP contribution in [0.15, 0.2) is 9.41 Å². The zero-order valence-corrected chi connectivity index (χ0v) is 16.6. The molecule has 2 N–H and O–H groups in total. The number of halogens is 1. The molecule has 0 amide bonds. The van der Waals surface area contributed by atoms with Crippen molar-refractivity contribution in [2.45, 2.75) is 27.3 Å². The summed E-state index contributed by atoms with van der Waals surface area (Å²) in [5, 5.41) is 6.58. The minimum atomic E-state index is 0. The molecule has 1 aliphatic heterocycles. The predicted octanol–water partition coefficient (Wildman–Crippen LogP) is 1.30. The maximum absolute atomic E-state index is 5.55. The molecule has 0 atom stereocenters. The number of nitrogens with one attached hydrogen (secondary N) is 2. The number of oxazole rings is 1. The third-order valence-corrected chi connectivity index (χ3v) is 3.61. The molecule has 0 spiro atoms. The standard InChI is InChI=1S/C15H27N5O2.HI/c1-4-16-15(17-5-6-20-7-9-21-10-8-20)18-11-14-19-12(2)13(3)22-14;/h4-11H2,1-3H3,(H2,16,17,18);1H. The van der Waals surface area contributed by atoms with E-state index in [9.17, 15) is 0 Å². The summed E-state index contributed by atoms with van der Waals surface area (Å²) >= 11 is 0. The lowest BCUT2D eigenvalue weighted by atomic mass is 10.4. The predicted molar refractivity (Wildman–Crippen MR) is 101 cm³/mol. The Morgan fingerprint density at radius 1 is 1.26 bits per heavy atom. The molecule has 1 aliphatic rings. The summed E-state index contributed by atoms with van der Waals surface area (Å²) in [5.74, 6) is 2.31. The van der Waals surface area contributed by atoms with Gasteiger partial charge in [-0.05, 0) is 20.8 Å². The van der Waals surface area contributed by atoms with Gasteiger partial charge in [0.15, 0.2) is 5.96 Å². The van der Waals surface area contributed by atoms with Gasteiger partial charge in [0, 0.05) is 32.7 Å². The highest BCUT2D eigenvalue weighted by atomic mass is 127. The van der Waals surface area contributed by atoms with E-state index in [4.69, 9.17) is 9.15 Å². The number of guanidine groups is 1. The van der Waals surface area contributed by atoms with E-state index >= 15 is 0 Å². The summed E-state index contributed by atoms with van der Waals surface area (Å²) in [4.78, 5) is 11.3. The third kappa shape index (κ3) is 7.05. The van der Waals surface area contributed by atoms with Crippen molar-refractivity contribution in [1.82, 2.24) is 20.5 Å². The Balaban J connectivity index is 0.00000264. The molecule has 0 unspecified atom stereocenters. The Kier molecular flexibility index (Phi) is 9.49. The second-order valence-corrected chi connectivity index (χ2v) is 5.33. The van der Waals surface area contributed by atoms with E-state index in [1.165, 1.54) is 0 Å². The van der Waals surface area contributed by atoms with Crippen LogP contribution in [0, 0.1) is 13.8 Å². The quantitative estimate of drug-likeness (QED) is 0.397. The molecule has 8 heteroatoms. The normalized spacial score (nSPS) is 16.0. The highest BCUT2D eigenvalue weighted by molar-refractivity contribution is 14.0. The summed E-state index contributed by atoms with van der Waals surface area (Å²) in [6.45, 7) is 12.7. The summed E-state index contributed by atoms with van der Waals surface area (Å²) < 4.78 is 10.9. The fourth-order valence-electron chi connectivity index (χ4n) is 2.25. The highest BCUT2D eigenvalue weighted by Crippen LogP contribution is 2.08. The van der Waals surface area contributed by atoms with Crippen molar-refractivity contribution in [3.8, 4) is 0 Å². The van der Waals surface area contributed by atoms with Gasteiger partial charge in [0.2, 0.25) is 5.89 Å². The fraction of sp³-hybridized carbons (Fsp3) is 0.733. The Labute approximate surface area is 155 Å². The van der Waals surface area contributed by atoms with E-state index in [1.54, 1.807) is 0 Å². The summed E-state index contributed by atoms with van der Waals surface area (Å²) in [7, 11) is 0. The molecule has 0 saturated carbocycles. The molecule has 1 fully saturated rings. The van der Waals surface area contributed by atoms with Crippen molar-refractivity contribution >= 4 is 29.9 Å². The number of hydrogen-bond donors (Lipinski definition) is 2. The molecule has 23 heavy (non-hydrogen) atoms. The molecule has 1 aromatic rings. The number of ether oxygens (including phenoxy) is 1. The van der Waals surface area contributed by atoms with Crippen LogP contribution < -0.4 is 10.6 Å². The zero-order valence-electron chi connectivity index (χ0n) is 14.2. The van der Waals surface area contributed by atoms with Crippen molar-refractivity contribution in [2.24, 2.45) is 4.99 Å². The van der Waals surface area contributed by atoms with E-state index in [1.807, 2.05) is 13.8 Å². The molecular formula is C15H28IN5O2. The first-order valence-electron chi connectivity index (χ1n) is 7.94. The van der Waals surface area contributed by atoms with E-state index in [0.29, 0.717) is 12.4 Å². The van der Waals surface area contributed by atoms with Gasteiger partial charge in [0.25, 0.3) is 0 Å². The number of nitrogens with zero attached hydrogens (tertiary/aromatic N) is 3. The van der Waals surface area contributed by atoms with Crippen LogP contribution in [0.4, 0.5) is 0 Å². The lowest BCUT2D eigenvalue weighted by Gasteiger charge is -2.26. The van der Waals surface area contributed by atoms with E-state index in [0.717, 1.165) is 63.4 Å². The number of morpholine rings is 1. The molecule has 1 saturated heterocycles. The van der Waals surface area contributed by atoms with Gasteiger partial charge < -0.3 is 19.8 Å². The largest absolute Gasteiger partial charge is 0.444 e. The second kappa shape index (κ2) is 10.8. The summed E-state index contributed by atoms with van der Waals surface area (Å²) in [6, 6.07) is 0. The third-order valence-electron chi connectivity index (χ3n) is 3.61. The van der Waals surface area contributed by atoms with Gasteiger partial charge in [-0.2, -0.15) is 0 Å². The van der Waals surface area contributed by atoms with Crippen molar-refractivity contribution in [2.75, 3.05) is 45.9 Å². The molecule has 7 nitrogen and oxygen atoms in total. The topological polar surface area (TPSA) is 74.9 Å². The van der Waals surface area contributed by atoms with Crippen LogP contribution in [0.3, 0.4) is 0 Å². The van der Waals surface area contributed by atoms with Crippen LogP contribution in [0.25, 0.3) is 0 Å². The van der Waals surface area contributed by atoms with Crippen LogP contribution in [-0.2, 0) is 11.3 Å². The van der Waals surface area contributed by atoms with E-state index in [2.05, 4.69) is 32.4 Å². The lowest BCUT2D eigenvalue weighted by Crippen LogP contribution is -2.44. The maximum Gasteiger partial charge on any atom is 0.216 e. The van der Waals surface area contributed by atoms with Crippen molar-refractivity contribution < 1.29 is 9.15 Å². The minimum absolute atomic E-state index is 0.